The van der Waals surface area contributed by atoms with Crippen LogP contribution < -0.4 is 0 Å². The van der Waals surface area contributed by atoms with Crippen molar-refractivity contribution in [1.82, 2.24) is 0 Å². The topological polar surface area (TPSA) is 157 Å². The molecule has 9 nitrogen and oxygen atoms in total. The summed E-state index contributed by atoms with van der Waals surface area (Å²) in [7, 11) is 0. The van der Waals surface area contributed by atoms with Gasteiger partial charge >= 0.3 is 5.97 Å². The minimum atomic E-state index is -2.42. The summed E-state index contributed by atoms with van der Waals surface area (Å²) < 4.78 is 11.9. The maximum atomic E-state index is 13.1. The van der Waals surface area contributed by atoms with Crippen LogP contribution in [0.3, 0.4) is 0 Å². The van der Waals surface area contributed by atoms with Crippen LogP contribution in [0.1, 0.15) is 60.3 Å². The summed E-state index contributed by atoms with van der Waals surface area (Å²) in [6, 6.07) is 0. The van der Waals surface area contributed by atoms with Crippen molar-refractivity contribution in [1.29, 1.82) is 0 Å². The third kappa shape index (κ3) is 2.64. The monoisotopic (exact) mass is 494 g/mol. The fourth-order valence-electron chi connectivity index (χ4n) is 8.27. The lowest BCUT2D eigenvalue weighted by molar-refractivity contribution is -0.239. The molecular weight excluding hydrogens is 456 g/mol. The predicted molar refractivity (Wildman–Crippen MR) is 122 cm³/mol. The summed E-state index contributed by atoms with van der Waals surface area (Å²) in [6.07, 6.45) is 0.202. The summed E-state index contributed by atoms with van der Waals surface area (Å²) in [6.45, 7) is 8.20. The molecule has 1 saturated heterocycles. The van der Waals surface area contributed by atoms with Crippen molar-refractivity contribution >= 4 is 11.8 Å². The van der Waals surface area contributed by atoms with E-state index in [4.69, 9.17) is 9.47 Å². The Labute approximate surface area is 205 Å². The number of carbonyl (C=O) groups is 2. The SMILES string of the molecule is CCCCCC(=O)OC12C(O)[C@@H](C)C3(O)[C@@H]4C=C(C)C(=O)C4(O)C(O)C4(CO)OC4[C@H]3[C@H]1C2(C)C. The molecule has 7 unspecified atom stereocenters. The Balaban J connectivity index is 1.62. The van der Waals surface area contributed by atoms with Gasteiger partial charge < -0.3 is 35.0 Å². The molecule has 4 aliphatic carbocycles. The average Bonchev–Trinajstić information content (AvgIpc) is 3.63. The molecule has 9 heteroatoms. The fourth-order valence-corrected chi connectivity index (χ4v) is 8.27. The lowest BCUT2D eigenvalue weighted by Gasteiger charge is -2.53. The summed E-state index contributed by atoms with van der Waals surface area (Å²) in [5.41, 5.74) is -7.82. The van der Waals surface area contributed by atoms with Gasteiger partial charge in [-0.3, -0.25) is 9.59 Å². The summed E-state index contributed by atoms with van der Waals surface area (Å²) in [4.78, 5) is 26.0. The van der Waals surface area contributed by atoms with E-state index in [0.29, 0.717) is 6.42 Å². The van der Waals surface area contributed by atoms with E-state index in [1.54, 1.807) is 6.92 Å². The van der Waals surface area contributed by atoms with E-state index >= 15 is 0 Å². The Morgan fingerprint density at radius 1 is 1.20 bits per heavy atom. The molecule has 5 rings (SSSR count). The standard InChI is InChI=1S/C26H38O9/c1-6-7-8-9-15(28)34-26-17(22(26,4)5)16-20-23(11-27,35-20)21(31)25(33)14(10-12(2)18(25)29)24(16,32)13(3)19(26)30/h10,13-14,16-17,19-21,27,30-33H,6-9,11H2,1-5H3/t13-,14+,16-,17+,19?,20?,21?,23?,24?,25?,26?/m1/s1. The van der Waals surface area contributed by atoms with Crippen molar-refractivity contribution in [2.45, 2.75) is 101 Å². The van der Waals surface area contributed by atoms with Crippen LogP contribution in [0.25, 0.3) is 0 Å². The normalized spacial score (nSPS) is 52.9. The van der Waals surface area contributed by atoms with E-state index in [9.17, 15) is 35.1 Å². The van der Waals surface area contributed by atoms with Crippen molar-refractivity contribution < 1.29 is 44.6 Å². The van der Waals surface area contributed by atoms with Crippen LogP contribution in [0.15, 0.2) is 11.6 Å². The Morgan fingerprint density at radius 3 is 2.46 bits per heavy atom. The number of epoxide rings is 1. The number of hydrogen-bond donors (Lipinski definition) is 5. The predicted octanol–water partition coefficient (Wildman–Crippen LogP) is 0.243. The van der Waals surface area contributed by atoms with Crippen LogP contribution in [0.5, 0.6) is 0 Å². The quantitative estimate of drug-likeness (QED) is 0.198. The Morgan fingerprint density at radius 2 is 1.86 bits per heavy atom. The molecule has 0 aromatic heterocycles. The van der Waals surface area contributed by atoms with E-state index in [-0.39, 0.29) is 12.0 Å². The molecule has 0 spiro atoms. The lowest BCUT2D eigenvalue weighted by Crippen LogP contribution is -2.68. The van der Waals surface area contributed by atoms with Gasteiger partial charge in [-0.15, -0.1) is 0 Å². The number of carbonyl (C=O) groups excluding carboxylic acids is 2. The molecule has 196 valence electrons. The molecule has 0 radical (unpaired) electrons. The fraction of sp³-hybridized carbons (Fsp3) is 0.846. The van der Waals surface area contributed by atoms with E-state index < -0.39 is 88.2 Å². The molecule has 5 N–H and O–H groups in total. The molecule has 0 amide bonds. The number of aliphatic hydroxyl groups is 5. The zero-order chi connectivity index (χ0) is 25.9. The number of hydrogen-bond acceptors (Lipinski definition) is 9. The highest BCUT2D eigenvalue weighted by Crippen LogP contribution is 2.79. The summed E-state index contributed by atoms with van der Waals surface area (Å²) in [5.74, 6) is -4.75. The second-order valence-corrected chi connectivity index (χ2v) is 12.1. The molecule has 0 aromatic rings. The van der Waals surface area contributed by atoms with Crippen LogP contribution in [-0.2, 0) is 19.1 Å². The summed E-state index contributed by atoms with van der Waals surface area (Å²) in [5, 5.41) is 57.3. The molecule has 1 aliphatic heterocycles. The third-order valence-electron chi connectivity index (χ3n) is 10.3. The zero-order valence-electron chi connectivity index (χ0n) is 21.0. The lowest BCUT2D eigenvalue weighted by atomic mass is 9.58. The van der Waals surface area contributed by atoms with Crippen molar-refractivity contribution in [2.75, 3.05) is 6.61 Å². The number of rotatable bonds is 6. The van der Waals surface area contributed by atoms with Gasteiger partial charge in [0.15, 0.2) is 11.4 Å². The number of fused-ring (bicyclic) bond motifs is 7. The van der Waals surface area contributed by atoms with E-state index in [1.807, 2.05) is 20.8 Å². The van der Waals surface area contributed by atoms with Gasteiger partial charge in [0.25, 0.3) is 0 Å². The molecule has 4 fully saturated rings. The van der Waals surface area contributed by atoms with Crippen LogP contribution in [0.4, 0.5) is 0 Å². The Kier molecular flexibility index (Phi) is 5.32. The van der Waals surface area contributed by atoms with Gasteiger partial charge in [-0.1, -0.05) is 46.6 Å². The molecule has 11 atom stereocenters. The molecule has 1 heterocycles. The largest absolute Gasteiger partial charge is 0.455 e. The first-order chi connectivity index (χ1) is 16.2. The molecule has 35 heavy (non-hydrogen) atoms. The highest BCUT2D eigenvalue weighted by Gasteiger charge is 2.92. The van der Waals surface area contributed by atoms with E-state index in [2.05, 4.69) is 0 Å². The minimum Gasteiger partial charge on any atom is -0.455 e. The first-order valence-electron chi connectivity index (χ1n) is 12.8. The first-order valence-corrected chi connectivity index (χ1v) is 12.8. The number of aliphatic hydroxyl groups excluding tert-OH is 3. The van der Waals surface area contributed by atoms with Crippen molar-refractivity contribution in [3.8, 4) is 0 Å². The van der Waals surface area contributed by atoms with Gasteiger partial charge in [0.1, 0.15) is 17.3 Å². The van der Waals surface area contributed by atoms with Gasteiger partial charge in [0, 0.05) is 35.5 Å². The average molecular weight is 495 g/mol. The van der Waals surface area contributed by atoms with Crippen LogP contribution in [0, 0.1) is 29.1 Å². The Hall–Kier alpha value is -1.36. The Bertz CT molecular complexity index is 991. The van der Waals surface area contributed by atoms with Gasteiger partial charge in [-0.05, 0) is 18.9 Å². The van der Waals surface area contributed by atoms with Crippen LogP contribution in [-0.4, -0.2) is 84.6 Å². The maximum absolute atomic E-state index is 13.1. The molecule has 5 aliphatic rings. The van der Waals surface area contributed by atoms with Gasteiger partial charge in [0.05, 0.1) is 24.4 Å². The van der Waals surface area contributed by atoms with Crippen molar-refractivity contribution in [2.24, 2.45) is 29.1 Å². The van der Waals surface area contributed by atoms with E-state index in [0.717, 1.165) is 12.8 Å². The first kappa shape index (κ1) is 25.3. The second kappa shape index (κ2) is 7.36. The molecule has 3 saturated carbocycles. The number of unbranched alkanes of at least 4 members (excludes halogenated alkanes) is 2. The second-order valence-electron chi connectivity index (χ2n) is 12.1. The molecule has 0 aromatic carbocycles. The highest BCUT2D eigenvalue weighted by atomic mass is 16.6. The molecule has 0 bridgehead atoms. The minimum absolute atomic E-state index is 0.187. The maximum Gasteiger partial charge on any atom is 0.306 e. The molecular formula is C26H38O9. The number of Topliss-reactive ketones (excluding diaryl/α,β-unsaturated/α-hetero) is 1. The van der Waals surface area contributed by atoms with Crippen LogP contribution in [0.2, 0.25) is 0 Å². The number of ether oxygens (including phenoxy) is 2. The van der Waals surface area contributed by atoms with Gasteiger partial charge in [0.2, 0.25) is 0 Å². The number of esters is 1. The van der Waals surface area contributed by atoms with Gasteiger partial charge in [-0.2, -0.15) is 0 Å². The van der Waals surface area contributed by atoms with Crippen LogP contribution >= 0.6 is 0 Å². The zero-order valence-corrected chi connectivity index (χ0v) is 21.0. The van der Waals surface area contributed by atoms with Crippen molar-refractivity contribution in [3.05, 3.63) is 11.6 Å². The smallest absolute Gasteiger partial charge is 0.306 e. The van der Waals surface area contributed by atoms with Crippen molar-refractivity contribution in [3.63, 3.8) is 0 Å². The van der Waals surface area contributed by atoms with E-state index in [1.165, 1.54) is 13.0 Å². The highest BCUT2D eigenvalue weighted by molar-refractivity contribution is 6.05. The summed E-state index contributed by atoms with van der Waals surface area (Å²) >= 11 is 0. The third-order valence-corrected chi connectivity index (χ3v) is 10.3. The van der Waals surface area contributed by atoms with Gasteiger partial charge in [-0.25, -0.2) is 0 Å². The number of ketones is 1.